The van der Waals surface area contributed by atoms with E-state index in [0.717, 1.165) is 48.5 Å². The predicted octanol–water partition coefficient (Wildman–Crippen LogP) is 9.86. The zero-order valence-corrected chi connectivity index (χ0v) is 29.9. The lowest BCUT2D eigenvalue weighted by atomic mass is 9.79. The molecule has 5 heteroatoms. The lowest BCUT2D eigenvalue weighted by Gasteiger charge is -2.30. The van der Waals surface area contributed by atoms with E-state index in [2.05, 4.69) is 81.9 Å². The number of aliphatic hydroxyl groups excluding tert-OH is 2. The summed E-state index contributed by atoms with van der Waals surface area (Å²) in [4.78, 5) is 11.9. The van der Waals surface area contributed by atoms with Gasteiger partial charge in [0, 0.05) is 11.0 Å². The van der Waals surface area contributed by atoms with Gasteiger partial charge in [0.15, 0.2) is 0 Å². The van der Waals surface area contributed by atoms with Gasteiger partial charge >= 0.3 is 5.97 Å². The van der Waals surface area contributed by atoms with Crippen molar-refractivity contribution in [3.63, 3.8) is 0 Å². The standard InChI is InChI=1S/C43H58O5/c1-6-8-23-43(29-44,30-45)24-26-47-41-22-20-38(28-39(41)10-9-25-48-42(46)31(3)4)40-21-19-37(27-33(40)7-2)36-17-15-35(16-18-36)34-13-11-32(5)12-14-34/h15-22,27-28,32,34,44-45H,3,6-14,23-26,29-30H2,1-2,4-5H3. The smallest absolute Gasteiger partial charge is 0.333 e. The Bertz CT molecular complexity index is 1460. The summed E-state index contributed by atoms with van der Waals surface area (Å²) in [6.45, 7) is 12.6. The van der Waals surface area contributed by atoms with E-state index in [1.165, 1.54) is 53.5 Å². The van der Waals surface area contributed by atoms with Crippen molar-refractivity contribution in [1.29, 1.82) is 0 Å². The monoisotopic (exact) mass is 654 g/mol. The second-order valence-corrected chi connectivity index (χ2v) is 14.2. The minimum Gasteiger partial charge on any atom is -0.493 e. The number of carbonyl (C=O) groups is 1. The van der Waals surface area contributed by atoms with Crippen molar-refractivity contribution in [1.82, 2.24) is 0 Å². The van der Waals surface area contributed by atoms with Crippen LogP contribution in [0.4, 0.5) is 0 Å². The van der Waals surface area contributed by atoms with Gasteiger partial charge in [-0.15, -0.1) is 0 Å². The zero-order valence-electron chi connectivity index (χ0n) is 29.9. The number of carbonyl (C=O) groups excluding carboxylic acids is 1. The highest BCUT2D eigenvalue weighted by atomic mass is 16.5. The third-order valence-corrected chi connectivity index (χ3v) is 10.4. The molecule has 5 nitrogen and oxygen atoms in total. The first-order valence-electron chi connectivity index (χ1n) is 18.3. The predicted molar refractivity (Wildman–Crippen MR) is 197 cm³/mol. The number of hydrogen-bond acceptors (Lipinski definition) is 5. The van der Waals surface area contributed by atoms with Gasteiger partial charge in [-0.05, 0) is 115 Å². The Kier molecular flexibility index (Phi) is 14.3. The van der Waals surface area contributed by atoms with E-state index < -0.39 is 5.41 Å². The second kappa shape index (κ2) is 18.4. The molecule has 0 spiro atoms. The fourth-order valence-corrected chi connectivity index (χ4v) is 6.94. The van der Waals surface area contributed by atoms with Crippen LogP contribution in [0, 0.1) is 11.3 Å². The molecular weight excluding hydrogens is 596 g/mol. The molecule has 1 fully saturated rings. The van der Waals surface area contributed by atoms with Gasteiger partial charge in [-0.1, -0.05) is 102 Å². The summed E-state index contributed by atoms with van der Waals surface area (Å²) in [6, 6.07) is 22.4. The summed E-state index contributed by atoms with van der Waals surface area (Å²) >= 11 is 0. The van der Waals surface area contributed by atoms with E-state index in [9.17, 15) is 15.0 Å². The molecule has 1 aliphatic carbocycles. The maximum Gasteiger partial charge on any atom is 0.333 e. The Hall–Kier alpha value is -3.41. The molecule has 3 aromatic rings. The van der Waals surface area contributed by atoms with E-state index >= 15 is 0 Å². The summed E-state index contributed by atoms with van der Waals surface area (Å²) in [7, 11) is 0. The molecule has 4 rings (SSSR count). The third-order valence-electron chi connectivity index (χ3n) is 10.4. The van der Waals surface area contributed by atoms with Crippen molar-refractivity contribution in [2.75, 3.05) is 26.4 Å². The van der Waals surface area contributed by atoms with Crippen LogP contribution in [0.1, 0.15) is 108 Å². The summed E-state index contributed by atoms with van der Waals surface area (Å²) in [5.74, 6) is 1.96. The van der Waals surface area contributed by atoms with E-state index in [1.54, 1.807) is 6.92 Å². The van der Waals surface area contributed by atoms with E-state index in [0.29, 0.717) is 44.0 Å². The summed E-state index contributed by atoms with van der Waals surface area (Å²) in [5, 5.41) is 20.2. The van der Waals surface area contributed by atoms with Crippen LogP contribution >= 0.6 is 0 Å². The van der Waals surface area contributed by atoms with Gasteiger partial charge in [-0.25, -0.2) is 4.79 Å². The minimum atomic E-state index is -0.542. The highest BCUT2D eigenvalue weighted by Gasteiger charge is 2.28. The molecule has 0 unspecified atom stereocenters. The van der Waals surface area contributed by atoms with E-state index in [4.69, 9.17) is 9.47 Å². The molecule has 0 bridgehead atoms. The zero-order chi connectivity index (χ0) is 34.5. The van der Waals surface area contributed by atoms with Crippen LogP contribution in [-0.2, 0) is 22.4 Å². The van der Waals surface area contributed by atoms with Crippen molar-refractivity contribution in [2.45, 2.75) is 104 Å². The van der Waals surface area contributed by atoms with Gasteiger partial charge in [0.25, 0.3) is 0 Å². The first-order chi connectivity index (χ1) is 23.2. The van der Waals surface area contributed by atoms with Crippen LogP contribution < -0.4 is 4.74 Å². The van der Waals surface area contributed by atoms with Crippen LogP contribution in [0.5, 0.6) is 5.75 Å². The van der Waals surface area contributed by atoms with Crippen molar-refractivity contribution < 1.29 is 24.5 Å². The van der Waals surface area contributed by atoms with Crippen LogP contribution in [0.15, 0.2) is 72.8 Å². The van der Waals surface area contributed by atoms with Gasteiger partial charge in [0.05, 0.1) is 26.4 Å². The molecule has 3 aromatic carbocycles. The molecule has 2 N–H and O–H groups in total. The molecule has 1 saturated carbocycles. The number of aryl methyl sites for hydroxylation is 2. The van der Waals surface area contributed by atoms with Gasteiger partial charge in [-0.3, -0.25) is 0 Å². The highest BCUT2D eigenvalue weighted by molar-refractivity contribution is 5.86. The quantitative estimate of drug-likeness (QED) is 0.0811. The molecule has 0 amide bonds. The average Bonchev–Trinajstić information content (AvgIpc) is 3.12. The van der Waals surface area contributed by atoms with E-state index in [-0.39, 0.29) is 19.2 Å². The van der Waals surface area contributed by atoms with Gasteiger partial charge in [-0.2, -0.15) is 0 Å². The van der Waals surface area contributed by atoms with Crippen molar-refractivity contribution in [2.24, 2.45) is 11.3 Å². The second-order valence-electron chi connectivity index (χ2n) is 14.2. The number of unbranched alkanes of at least 4 members (excludes halogenated alkanes) is 1. The maximum absolute atomic E-state index is 11.9. The Labute approximate surface area is 289 Å². The molecule has 0 aromatic heterocycles. The van der Waals surface area contributed by atoms with Crippen LogP contribution in [0.25, 0.3) is 22.3 Å². The van der Waals surface area contributed by atoms with Crippen molar-refractivity contribution in [3.05, 3.63) is 89.5 Å². The van der Waals surface area contributed by atoms with E-state index in [1.807, 2.05) is 6.07 Å². The third kappa shape index (κ3) is 10.1. The van der Waals surface area contributed by atoms with Gasteiger partial charge in [0.2, 0.25) is 0 Å². The number of aliphatic hydroxyl groups is 2. The van der Waals surface area contributed by atoms with Crippen LogP contribution in [0.2, 0.25) is 0 Å². The number of esters is 1. The molecule has 0 saturated heterocycles. The number of benzene rings is 3. The molecular formula is C43H58O5. The average molecular weight is 655 g/mol. The largest absolute Gasteiger partial charge is 0.493 e. The molecule has 1 aliphatic rings. The van der Waals surface area contributed by atoms with Crippen LogP contribution in [-0.4, -0.2) is 42.6 Å². The van der Waals surface area contributed by atoms with Crippen molar-refractivity contribution >= 4 is 5.97 Å². The normalized spacial score (nSPS) is 16.5. The molecule has 0 radical (unpaired) electrons. The first kappa shape index (κ1) is 37.4. The topological polar surface area (TPSA) is 76.0 Å². The summed E-state index contributed by atoms with van der Waals surface area (Å²) in [6.07, 6.45) is 10.8. The highest BCUT2D eigenvalue weighted by Crippen LogP contribution is 2.37. The number of ether oxygens (including phenoxy) is 2. The molecule has 0 atom stereocenters. The number of rotatable bonds is 18. The van der Waals surface area contributed by atoms with Gasteiger partial charge in [0.1, 0.15) is 5.75 Å². The summed E-state index contributed by atoms with van der Waals surface area (Å²) < 4.78 is 11.7. The molecule has 0 aliphatic heterocycles. The molecule has 260 valence electrons. The Morgan fingerprint density at radius 1 is 0.833 bits per heavy atom. The summed E-state index contributed by atoms with van der Waals surface area (Å²) in [5.41, 5.74) is 8.48. The van der Waals surface area contributed by atoms with Crippen molar-refractivity contribution in [3.8, 4) is 28.0 Å². The number of hydrogen-bond donors (Lipinski definition) is 2. The maximum atomic E-state index is 11.9. The Balaban J connectivity index is 1.54. The molecule has 48 heavy (non-hydrogen) atoms. The first-order valence-corrected chi connectivity index (χ1v) is 18.3. The minimum absolute atomic E-state index is 0.0630. The Morgan fingerprint density at radius 3 is 2.15 bits per heavy atom. The van der Waals surface area contributed by atoms with Crippen LogP contribution in [0.3, 0.4) is 0 Å². The fraction of sp³-hybridized carbons (Fsp3) is 0.512. The SMILES string of the molecule is C=C(C)C(=O)OCCCc1cc(-c2ccc(-c3ccc(C4CCC(C)CC4)cc3)cc2CC)ccc1OCCC(CO)(CO)CCCC. The lowest BCUT2D eigenvalue weighted by molar-refractivity contribution is -0.139. The fourth-order valence-electron chi connectivity index (χ4n) is 6.94. The Morgan fingerprint density at radius 2 is 1.50 bits per heavy atom. The molecule has 0 heterocycles. The van der Waals surface area contributed by atoms with Gasteiger partial charge < -0.3 is 19.7 Å². The lowest BCUT2D eigenvalue weighted by Crippen LogP contribution is -2.32.